The minimum atomic E-state index is -4.48. The van der Waals surface area contributed by atoms with Crippen LogP contribution in [0.4, 0.5) is 19.0 Å². The highest BCUT2D eigenvalue weighted by Gasteiger charge is 2.31. The second-order valence-corrected chi connectivity index (χ2v) is 7.09. The van der Waals surface area contributed by atoms with Crippen molar-refractivity contribution in [3.63, 3.8) is 0 Å². The second kappa shape index (κ2) is 8.49. The van der Waals surface area contributed by atoms with Gasteiger partial charge in [-0.05, 0) is 30.7 Å². The first-order valence-corrected chi connectivity index (χ1v) is 9.17. The quantitative estimate of drug-likeness (QED) is 0.715. The molecule has 0 aliphatic carbocycles. The predicted molar refractivity (Wildman–Crippen MR) is 101 cm³/mol. The molecule has 0 fully saturated rings. The summed E-state index contributed by atoms with van der Waals surface area (Å²) in [6.45, 7) is 0.139. The Kier molecular flexibility index (Phi) is 6.18. The van der Waals surface area contributed by atoms with Crippen LogP contribution in [0.15, 0.2) is 30.5 Å². The molecule has 0 bridgehead atoms. The third-order valence-electron chi connectivity index (χ3n) is 4.30. The molecule has 2 N–H and O–H groups in total. The number of halogens is 4. The number of alkyl halides is 3. The molecule has 160 valence electrons. The Morgan fingerprint density at radius 1 is 1.40 bits per heavy atom. The zero-order chi connectivity index (χ0) is 22.1. The molecule has 7 nitrogen and oxygen atoms in total. The van der Waals surface area contributed by atoms with Crippen molar-refractivity contribution in [3.05, 3.63) is 52.2 Å². The first-order valence-electron chi connectivity index (χ1n) is 8.79. The Hall–Kier alpha value is -2.85. The van der Waals surface area contributed by atoms with E-state index in [0.717, 1.165) is 0 Å². The van der Waals surface area contributed by atoms with Gasteiger partial charge >= 0.3 is 6.18 Å². The number of carbonyl (C=O) groups is 2. The normalized spacial score (nSPS) is 14.5. The van der Waals surface area contributed by atoms with Crippen molar-refractivity contribution in [2.45, 2.75) is 32.3 Å². The van der Waals surface area contributed by atoms with Gasteiger partial charge in [0.15, 0.2) is 6.61 Å². The third-order valence-corrected chi connectivity index (χ3v) is 4.60. The van der Waals surface area contributed by atoms with Gasteiger partial charge in [0.1, 0.15) is 17.7 Å². The number of ether oxygens (including phenoxy) is 1. The molecule has 2 amide bonds. The molecule has 0 unspecified atom stereocenters. The van der Waals surface area contributed by atoms with Crippen molar-refractivity contribution in [2.24, 2.45) is 0 Å². The number of carbonyl (C=O) groups excluding carboxylic acids is 2. The van der Waals surface area contributed by atoms with Gasteiger partial charge in [-0.25, -0.2) is 4.98 Å². The van der Waals surface area contributed by atoms with Gasteiger partial charge in [-0.3, -0.25) is 9.59 Å². The van der Waals surface area contributed by atoms with Crippen molar-refractivity contribution in [1.29, 1.82) is 0 Å². The minimum absolute atomic E-state index is 0.00698. The van der Waals surface area contributed by atoms with Crippen LogP contribution in [0.2, 0.25) is 5.02 Å². The van der Waals surface area contributed by atoms with Crippen LogP contribution in [-0.4, -0.2) is 45.7 Å². The number of pyridine rings is 1. The molecule has 11 heteroatoms. The summed E-state index contributed by atoms with van der Waals surface area (Å²) in [7, 11) is 0. The fourth-order valence-electron chi connectivity index (χ4n) is 2.88. The SMILES string of the molecule is C[C@@H](O)C(=O)Nc1nccc2c1CN(Cc1ccc(OCC(F)(F)F)c(Cl)c1)C2=O. The number of rotatable bonds is 6. The Morgan fingerprint density at radius 2 is 2.13 bits per heavy atom. The summed E-state index contributed by atoms with van der Waals surface area (Å²) in [5, 5.41) is 11.8. The van der Waals surface area contributed by atoms with Crippen LogP contribution in [0.5, 0.6) is 5.75 Å². The number of aromatic nitrogens is 1. The van der Waals surface area contributed by atoms with Crippen LogP contribution in [0.25, 0.3) is 0 Å². The van der Waals surface area contributed by atoms with Gasteiger partial charge < -0.3 is 20.1 Å². The lowest BCUT2D eigenvalue weighted by Gasteiger charge is -2.17. The molecule has 2 aromatic rings. The van der Waals surface area contributed by atoms with Gasteiger partial charge in [0, 0.05) is 23.9 Å². The number of benzene rings is 1. The summed E-state index contributed by atoms with van der Waals surface area (Å²) in [4.78, 5) is 30.0. The van der Waals surface area contributed by atoms with Crippen LogP contribution in [0.1, 0.15) is 28.4 Å². The Balaban J connectivity index is 1.73. The van der Waals surface area contributed by atoms with E-state index in [4.69, 9.17) is 11.6 Å². The Labute approximate surface area is 174 Å². The van der Waals surface area contributed by atoms with E-state index in [1.165, 1.54) is 42.3 Å². The molecule has 1 aromatic carbocycles. The monoisotopic (exact) mass is 443 g/mol. The fourth-order valence-corrected chi connectivity index (χ4v) is 3.14. The maximum atomic E-state index is 12.7. The molecule has 0 radical (unpaired) electrons. The van der Waals surface area contributed by atoms with Gasteiger partial charge in [0.25, 0.3) is 11.8 Å². The fraction of sp³-hybridized carbons (Fsp3) is 0.316. The van der Waals surface area contributed by atoms with Crippen LogP contribution >= 0.6 is 11.6 Å². The van der Waals surface area contributed by atoms with E-state index in [-0.39, 0.29) is 35.6 Å². The number of nitrogens with one attached hydrogen (secondary N) is 1. The molecule has 1 aromatic heterocycles. The standard InChI is InChI=1S/C19H17ClF3N3O4/c1-10(27)17(28)25-16-13-8-26(18(29)12(13)4-5-24-16)7-11-2-3-15(14(20)6-11)30-9-19(21,22)23/h2-6,10,27H,7-9H2,1H3,(H,24,25,28)/t10-/m1/s1. The molecule has 30 heavy (non-hydrogen) atoms. The van der Waals surface area contributed by atoms with Crippen molar-refractivity contribution < 1.29 is 32.6 Å². The molecule has 1 atom stereocenters. The van der Waals surface area contributed by atoms with Gasteiger partial charge in [0.05, 0.1) is 11.6 Å². The van der Waals surface area contributed by atoms with Crippen molar-refractivity contribution in [2.75, 3.05) is 11.9 Å². The topological polar surface area (TPSA) is 91.8 Å². The van der Waals surface area contributed by atoms with Gasteiger partial charge in [0.2, 0.25) is 0 Å². The molecule has 0 saturated heterocycles. The van der Waals surface area contributed by atoms with E-state index in [1.54, 1.807) is 0 Å². The number of hydrogen-bond donors (Lipinski definition) is 2. The number of anilines is 1. The molecular weight excluding hydrogens is 427 g/mol. The summed E-state index contributed by atoms with van der Waals surface area (Å²) in [6.07, 6.45) is -4.34. The second-order valence-electron chi connectivity index (χ2n) is 6.68. The largest absolute Gasteiger partial charge is 0.483 e. The average molecular weight is 444 g/mol. The van der Waals surface area contributed by atoms with Crippen LogP contribution in [0.3, 0.4) is 0 Å². The molecule has 2 heterocycles. The lowest BCUT2D eigenvalue weighted by atomic mass is 10.1. The average Bonchev–Trinajstić information content (AvgIpc) is 2.97. The number of aliphatic hydroxyl groups is 1. The summed E-state index contributed by atoms with van der Waals surface area (Å²) in [6, 6.07) is 5.78. The van der Waals surface area contributed by atoms with Crippen molar-refractivity contribution in [1.82, 2.24) is 9.88 Å². The van der Waals surface area contributed by atoms with E-state index in [0.29, 0.717) is 16.7 Å². The summed E-state index contributed by atoms with van der Waals surface area (Å²) in [5.41, 5.74) is 1.46. The highest BCUT2D eigenvalue weighted by atomic mass is 35.5. The van der Waals surface area contributed by atoms with E-state index < -0.39 is 24.8 Å². The molecule has 3 rings (SSSR count). The summed E-state index contributed by atoms with van der Waals surface area (Å²) in [5.74, 6) is -0.874. The summed E-state index contributed by atoms with van der Waals surface area (Å²) >= 11 is 6.00. The predicted octanol–water partition coefficient (Wildman–Crippen LogP) is 3.15. The van der Waals surface area contributed by atoms with Gasteiger partial charge in [-0.1, -0.05) is 17.7 Å². The Morgan fingerprint density at radius 3 is 2.77 bits per heavy atom. The van der Waals surface area contributed by atoms with E-state index in [1.807, 2.05) is 0 Å². The number of hydrogen-bond acceptors (Lipinski definition) is 5. The maximum absolute atomic E-state index is 12.7. The number of aliphatic hydroxyl groups excluding tert-OH is 1. The smallest absolute Gasteiger partial charge is 0.422 e. The lowest BCUT2D eigenvalue weighted by molar-refractivity contribution is -0.153. The molecular formula is C19H17ClF3N3O4. The maximum Gasteiger partial charge on any atom is 0.422 e. The molecule has 0 spiro atoms. The van der Waals surface area contributed by atoms with Crippen molar-refractivity contribution in [3.8, 4) is 5.75 Å². The highest BCUT2D eigenvalue weighted by molar-refractivity contribution is 6.32. The minimum Gasteiger partial charge on any atom is -0.483 e. The summed E-state index contributed by atoms with van der Waals surface area (Å²) < 4.78 is 41.5. The molecule has 1 aliphatic heterocycles. The molecule has 0 saturated carbocycles. The van der Waals surface area contributed by atoms with E-state index in [2.05, 4.69) is 15.0 Å². The number of fused-ring (bicyclic) bond motifs is 1. The Bertz CT molecular complexity index is 982. The zero-order valence-electron chi connectivity index (χ0n) is 15.7. The van der Waals surface area contributed by atoms with Crippen LogP contribution in [0, 0.1) is 0 Å². The van der Waals surface area contributed by atoms with Crippen molar-refractivity contribution >= 4 is 29.2 Å². The van der Waals surface area contributed by atoms with Gasteiger partial charge in [-0.15, -0.1) is 0 Å². The molecule has 1 aliphatic rings. The first kappa shape index (κ1) is 21.8. The van der Waals surface area contributed by atoms with Crippen LogP contribution < -0.4 is 10.1 Å². The van der Waals surface area contributed by atoms with Gasteiger partial charge in [-0.2, -0.15) is 13.2 Å². The third kappa shape index (κ3) is 5.00. The number of amides is 2. The number of nitrogens with zero attached hydrogens (tertiary/aromatic N) is 2. The van der Waals surface area contributed by atoms with E-state index in [9.17, 15) is 27.9 Å². The van der Waals surface area contributed by atoms with Crippen LogP contribution in [-0.2, 0) is 17.9 Å². The first-order chi connectivity index (χ1) is 14.0. The van der Waals surface area contributed by atoms with E-state index >= 15 is 0 Å². The zero-order valence-corrected chi connectivity index (χ0v) is 16.4. The lowest BCUT2D eigenvalue weighted by Crippen LogP contribution is -2.26. The highest BCUT2D eigenvalue weighted by Crippen LogP contribution is 2.31.